The topological polar surface area (TPSA) is 98.3 Å². The number of carbonyl (C=O) groups excluding carboxylic acids is 1. The number of nitrogens with zero attached hydrogens (tertiary/aromatic N) is 1. The van der Waals surface area contributed by atoms with E-state index in [2.05, 4.69) is 5.32 Å². The van der Waals surface area contributed by atoms with Crippen LogP contribution in [0.1, 0.15) is 24.2 Å². The molecule has 0 bridgehead atoms. The van der Waals surface area contributed by atoms with E-state index in [4.69, 9.17) is 5.73 Å². The third-order valence-electron chi connectivity index (χ3n) is 2.35. The molecule has 6 nitrogen and oxygen atoms in total. The van der Waals surface area contributed by atoms with E-state index in [0.29, 0.717) is 0 Å². The van der Waals surface area contributed by atoms with E-state index in [0.717, 1.165) is 4.90 Å². The lowest BCUT2D eigenvalue weighted by atomic mass is 10.1. The summed E-state index contributed by atoms with van der Waals surface area (Å²) in [6.07, 6.45) is 1.84. The van der Waals surface area contributed by atoms with Crippen LogP contribution in [0.3, 0.4) is 0 Å². The lowest BCUT2D eigenvalue weighted by Crippen LogP contribution is -2.45. The monoisotopic (exact) mass is 319 g/mol. The molecule has 1 amide bonds. The first-order chi connectivity index (χ1) is 8.74. The molecule has 0 aliphatic carbocycles. The van der Waals surface area contributed by atoms with E-state index in [1.54, 1.807) is 19.9 Å². The number of halogens is 1. The molecule has 0 aromatic heterocycles. The number of hydrogen-bond acceptors (Lipinski definition) is 5. The quantitative estimate of drug-likeness (QED) is 0.492. The largest absolute Gasteiger partial charge is 0.350 e. The fourth-order valence-electron chi connectivity index (χ4n) is 1.39. The lowest BCUT2D eigenvalue weighted by molar-refractivity contribution is -0.385. The second kappa shape index (κ2) is 7.47. The van der Waals surface area contributed by atoms with Crippen LogP contribution < -0.4 is 11.1 Å². The summed E-state index contributed by atoms with van der Waals surface area (Å²) >= 11 is 1.42. The molecule has 8 heteroatoms. The maximum Gasteiger partial charge on any atom is 0.282 e. The van der Waals surface area contributed by atoms with Gasteiger partial charge < -0.3 is 11.1 Å². The number of thioether (sulfide) groups is 1. The molecular weight excluding hydrogens is 302 g/mol. The van der Waals surface area contributed by atoms with Gasteiger partial charge in [-0.3, -0.25) is 14.9 Å². The van der Waals surface area contributed by atoms with Gasteiger partial charge in [0.05, 0.1) is 4.92 Å². The van der Waals surface area contributed by atoms with Crippen molar-refractivity contribution in [3.8, 4) is 0 Å². The predicted molar refractivity (Wildman–Crippen MR) is 82.7 cm³/mol. The van der Waals surface area contributed by atoms with Gasteiger partial charge in [0.1, 0.15) is 5.56 Å². The molecule has 0 fully saturated rings. The Kier molecular flexibility index (Phi) is 6.98. The highest BCUT2D eigenvalue weighted by atomic mass is 35.5. The van der Waals surface area contributed by atoms with Crippen molar-refractivity contribution in [2.75, 3.05) is 12.8 Å². The molecule has 0 spiro atoms. The molecule has 0 aliphatic rings. The number of nitrogens with two attached hydrogens (primary N) is 1. The molecule has 0 unspecified atom stereocenters. The van der Waals surface area contributed by atoms with Gasteiger partial charge in [-0.05, 0) is 32.2 Å². The summed E-state index contributed by atoms with van der Waals surface area (Å²) in [7, 11) is 0. The molecule has 0 saturated carbocycles. The Morgan fingerprint density at radius 2 is 2.10 bits per heavy atom. The van der Waals surface area contributed by atoms with Crippen LogP contribution >= 0.6 is 24.2 Å². The number of hydrogen-bond donors (Lipinski definition) is 2. The van der Waals surface area contributed by atoms with E-state index in [-0.39, 0.29) is 30.2 Å². The first-order valence-corrected chi connectivity index (χ1v) is 6.86. The Bertz CT molecular complexity index is 503. The second-order valence-electron chi connectivity index (χ2n) is 4.81. The van der Waals surface area contributed by atoms with Crippen molar-refractivity contribution in [3.63, 3.8) is 0 Å². The van der Waals surface area contributed by atoms with Gasteiger partial charge in [0.2, 0.25) is 0 Å². The Balaban J connectivity index is 0.00000361. The van der Waals surface area contributed by atoms with Gasteiger partial charge in [-0.25, -0.2) is 0 Å². The number of nitro groups is 1. The Labute approximate surface area is 128 Å². The standard InChI is InChI=1S/C12H17N3O3S.ClH/c1-12(2,13)7-14-11(16)9-6-8(19-3)4-5-10(9)15(17)18;/h4-6H,7,13H2,1-3H3,(H,14,16);1H. The highest BCUT2D eigenvalue weighted by Gasteiger charge is 2.22. The zero-order chi connectivity index (χ0) is 14.6. The molecule has 1 rings (SSSR count). The van der Waals surface area contributed by atoms with Crippen molar-refractivity contribution in [1.82, 2.24) is 5.32 Å². The first kappa shape index (κ1) is 18.7. The maximum absolute atomic E-state index is 12.0. The summed E-state index contributed by atoms with van der Waals surface area (Å²) in [5.41, 5.74) is 5.05. The van der Waals surface area contributed by atoms with Crippen molar-refractivity contribution in [2.24, 2.45) is 5.73 Å². The Morgan fingerprint density at radius 3 is 2.55 bits per heavy atom. The molecule has 0 aliphatic heterocycles. The third kappa shape index (κ3) is 5.36. The summed E-state index contributed by atoms with van der Waals surface area (Å²) in [6, 6.07) is 4.47. The van der Waals surface area contributed by atoms with Gasteiger partial charge >= 0.3 is 0 Å². The highest BCUT2D eigenvalue weighted by molar-refractivity contribution is 7.98. The van der Waals surface area contributed by atoms with E-state index in [9.17, 15) is 14.9 Å². The molecule has 112 valence electrons. The molecule has 0 heterocycles. The molecular formula is C12H18ClN3O3S. The SMILES string of the molecule is CSc1ccc([N+](=O)[O-])c(C(=O)NCC(C)(C)N)c1.Cl. The summed E-state index contributed by atoms with van der Waals surface area (Å²) in [5, 5.41) is 13.5. The molecule has 1 aromatic rings. The van der Waals surface area contributed by atoms with E-state index >= 15 is 0 Å². The highest BCUT2D eigenvalue weighted by Crippen LogP contribution is 2.24. The van der Waals surface area contributed by atoms with Crippen molar-refractivity contribution in [3.05, 3.63) is 33.9 Å². The van der Waals surface area contributed by atoms with Crippen LogP contribution in [0.4, 0.5) is 5.69 Å². The Hall–Kier alpha value is -1.31. The zero-order valence-electron chi connectivity index (χ0n) is 11.5. The van der Waals surface area contributed by atoms with E-state index in [1.807, 2.05) is 6.26 Å². The zero-order valence-corrected chi connectivity index (χ0v) is 13.1. The minimum atomic E-state index is -0.568. The van der Waals surface area contributed by atoms with Crippen LogP contribution in [-0.2, 0) is 0 Å². The fourth-order valence-corrected chi connectivity index (χ4v) is 1.83. The van der Waals surface area contributed by atoms with Crippen LogP contribution in [-0.4, -0.2) is 29.2 Å². The fraction of sp³-hybridized carbons (Fsp3) is 0.417. The molecule has 0 radical (unpaired) electrons. The van der Waals surface area contributed by atoms with Crippen LogP contribution in [0.5, 0.6) is 0 Å². The van der Waals surface area contributed by atoms with Crippen molar-refractivity contribution >= 4 is 35.8 Å². The number of benzene rings is 1. The smallest absolute Gasteiger partial charge is 0.282 e. The van der Waals surface area contributed by atoms with Gasteiger partial charge in [0.15, 0.2) is 0 Å². The minimum absolute atomic E-state index is 0. The summed E-state index contributed by atoms with van der Waals surface area (Å²) in [6.45, 7) is 3.77. The molecule has 0 saturated heterocycles. The van der Waals surface area contributed by atoms with Gasteiger partial charge in [-0.15, -0.1) is 24.2 Å². The summed E-state index contributed by atoms with van der Waals surface area (Å²) < 4.78 is 0. The molecule has 0 atom stereocenters. The molecule has 3 N–H and O–H groups in total. The van der Waals surface area contributed by atoms with E-state index in [1.165, 1.54) is 23.9 Å². The number of amides is 1. The number of carbonyl (C=O) groups is 1. The third-order valence-corrected chi connectivity index (χ3v) is 3.07. The van der Waals surface area contributed by atoms with Crippen LogP contribution in [0.25, 0.3) is 0 Å². The predicted octanol–water partition coefficient (Wildman–Crippen LogP) is 2.21. The summed E-state index contributed by atoms with van der Waals surface area (Å²) in [4.78, 5) is 23.2. The molecule has 1 aromatic carbocycles. The maximum atomic E-state index is 12.0. The molecule has 20 heavy (non-hydrogen) atoms. The first-order valence-electron chi connectivity index (χ1n) is 5.64. The van der Waals surface area contributed by atoms with Gasteiger partial charge in [-0.2, -0.15) is 0 Å². The Morgan fingerprint density at radius 1 is 1.50 bits per heavy atom. The average molecular weight is 320 g/mol. The van der Waals surface area contributed by atoms with Crippen LogP contribution in [0.15, 0.2) is 23.1 Å². The van der Waals surface area contributed by atoms with Crippen molar-refractivity contribution < 1.29 is 9.72 Å². The van der Waals surface area contributed by atoms with Crippen LogP contribution in [0.2, 0.25) is 0 Å². The van der Waals surface area contributed by atoms with E-state index < -0.39 is 16.4 Å². The number of rotatable bonds is 5. The normalized spacial score (nSPS) is 10.6. The average Bonchev–Trinajstić information content (AvgIpc) is 2.34. The van der Waals surface area contributed by atoms with Gasteiger partial charge in [0.25, 0.3) is 11.6 Å². The lowest BCUT2D eigenvalue weighted by Gasteiger charge is -2.18. The van der Waals surface area contributed by atoms with Gasteiger partial charge in [0, 0.05) is 23.0 Å². The minimum Gasteiger partial charge on any atom is -0.350 e. The van der Waals surface area contributed by atoms with Crippen molar-refractivity contribution in [2.45, 2.75) is 24.3 Å². The van der Waals surface area contributed by atoms with Gasteiger partial charge in [-0.1, -0.05) is 0 Å². The number of nitro benzene ring substituents is 1. The van der Waals surface area contributed by atoms with Crippen molar-refractivity contribution in [1.29, 1.82) is 0 Å². The number of nitrogens with one attached hydrogen (secondary N) is 1. The summed E-state index contributed by atoms with van der Waals surface area (Å²) in [5.74, 6) is -0.485. The van der Waals surface area contributed by atoms with Crippen LogP contribution in [0, 0.1) is 10.1 Å². The second-order valence-corrected chi connectivity index (χ2v) is 5.69.